The van der Waals surface area contributed by atoms with E-state index in [9.17, 15) is 4.79 Å². The van der Waals surface area contributed by atoms with Crippen molar-refractivity contribution in [2.45, 2.75) is 18.7 Å². The molecule has 1 N–H and O–H groups in total. The largest absolute Gasteiger partial charge is 0.272 e. The number of carbonyl (C=O) groups excluding carboxylic acids is 1. The van der Waals surface area contributed by atoms with Crippen molar-refractivity contribution in [3.8, 4) is 6.07 Å². The van der Waals surface area contributed by atoms with Crippen LogP contribution in [0.3, 0.4) is 0 Å². The molecule has 2 aromatic carbocycles. The first kappa shape index (κ1) is 18.2. The van der Waals surface area contributed by atoms with Gasteiger partial charge in [0.25, 0.3) is 0 Å². The highest BCUT2D eigenvalue weighted by atomic mass is 79.9. The zero-order valence-electron chi connectivity index (χ0n) is 13.3. The van der Waals surface area contributed by atoms with Crippen molar-refractivity contribution < 1.29 is 4.79 Å². The van der Waals surface area contributed by atoms with Gasteiger partial charge in [0.2, 0.25) is 5.91 Å². The van der Waals surface area contributed by atoms with Gasteiger partial charge in [0.15, 0.2) is 0 Å². The summed E-state index contributed by atoms with van der Waals surface area (Å²) < 4.78 is 1.07. The highest BCUT2D eigenvalue weighted by Gasteiger charge is 2.06. The number of benzene rings is 2. The molecule has 0 bridgehead atoms. The first-order valence-electron chi connectivity index (χ1n) is 7.21. The second-order valence-corrected chi connectivity index (χ2v) is 7.05. The molecule has 0 saturated carbocycles. The molecule has 0 aliphatic carbocycles. The van der Waals surface area contributed by atoms with E-state index in [1.165, 1.54) is 11.8 Å². The van der Waals surface area contributed by atoms with E-state index in [2.05, 4.69) is 44.7 Å². The quantitative estimate of drug-likeness (QED) is 0.464. The predicted molar refractivity (Wildman–Crippen MR) is 101 cm³/mol. The summed E-state index contributed by atoms with van der Waals surface area (Å²) in [4.78, 5) is 13.0. The molecule has 1 amide bonds. The van der Waals surface area contributed by atoms with Gasteiger partial charge in [0, 0.05) is 9.37 Å². The molecular formula is C18H16BrN3OS. The number of halogens is 1. The minimum absolute atomic E-state index is 0.162. The number of nitrogens with zero attached hydrogens (tertiary/aromatic N) is 2. The number of thioether (sulfide) groups is 1. The Morgan fingerprint density at radius 3 is 2.67 bits per heavy atom. The maximum atomic E-state index is 11.9. The van der Waals surface area contributed by atoms with E-state index in [0.29, 0.717) is 11.3 Å². The molecule has 122 valence electrons. The Labute approximate surface area is 154 Å². The van der Waals surface area contributed by atoms with Crippen LogP contribution < -0.4 is 5.43 Å². The zero-order valence-corrected chi connectivity index (χ0v) is 15.7. The first-order valence-corrected chi connectivity index (χ1v) is 8.99. The van der Waals surface area contributed by atoms with Crippen LogP contribution in [-0.2, 0) is 4.79 Å². The Hall–Kier alpha value is -2.10. The average Bonchev–Trinajstić information content (AvgIpc) is 2.57. The standard InChI is InChI=1S/C18H16BrN3OS/c1-12-8-17(13(2)7-16(12)19)24-11-18(23)22-21-10-15-5-3-14(9-20)4-6-15/h3-8,10H,11H2,1-2H3,(H,22,23)/b21-10+. The monoisotopic (exact) mass is 401 g/mol. The molecule has 0 aliphatic heterocycles. The molecule has 0 saturated heterocycles. The van der Waals surface area contributed by atoms with Crippen LogP contribution in [0.2, 0.25) is 0 Å². The third-order valence-corrected chi connectivity index (χ3v) is 5.27. The minimum Gasteiger partial charge on any atom is -0.272 e. The molecule has 0 radical (unpaired) electrons. The normalized spacial score (nSPS) is 10.6. The third kappa shape index (κ3) is 5.22. The summed E-state index contributed by atoms with van der Waals surface area (Å²) in [7, 11) is 0. The molecule has 0 aliphatic rings. The summed E-state index contributed by atoms with van der Waals surface area (Å²) in [6, 6.07) is 13.1. The Balaban J connectivity index is 1.86. The average molecular weight is 402 g/mol. The van der Waals surface area contributed by atoms with Gasteiger partial charge in [-0.3, -0.25) is 4.79 Å². The molecule has 2 rings (SSSR count). The van der Waals surface area contributed by atoms with Crippen molar-refractivity contribution in [3.63, 3.8) is 0 Å². The van der Waals surface area contributed by atoms with E-state index in [-0.39, 0.29) is 5.91 Å². The van der Waals surface area contributed by atoms with Gasteiger partial charge in [-0.15, -0.1) is 11.8 Å². The van der Waals surface area contributed by atoms with Gasteiger partial charge < -0.3 is 0 Å². The lowest BCUT2D eigenvalue weighted by molar-refractivity contribution is -0.118. The summed E-state index contributed by atoms with van der Waals surface area (Å²) in [6.07, 6.45) is 1.55. The topological polar surface area (TPSA) is 65.2 Å². The lowest BCUT2D eigenvalue weighted by atomic mass is 10.2. The molecule has 0 fully saturated rings. The van der Waals surface area contributed by atoms with E-state index in [4.69, 9.17) is 5.26 Å². The number of aryl methyl sites for hydroxylation is 2. The number of rotatable bonds is 5. The lowest BCUT2D eigenvalue weighted by Gasteiger charge is -2.08. The van der Waals surface area contributed by atoms with E-state index in [0.717, 1.165) is 26.1 Å². The summed E-state index contributed by atoms with van der Waals surface area (Å²) in [6.45, 7) is 4.04. The highest BCUT2D eigenvalue weighted by molar-refractivity contribution is 9.10. The zero-order chi connectivity index (χ0) is 17.5. The molecule has 24 heavy (non-hydrogen) atoms. The fourth-order valence-corrected chi connectivity index (χ4v) is 3.26. The summed E-state index contributed by atoms with van der Waals surface area (Å²) >= 11 is 4.99. The van der Waals surface area contributed by atoms with Crippen LogP contribution in [0.25, 0.3) is 0 Å². The summed E-state index contributed by atoms with van der Waals surface area (Å²) in [5.41, 5.74) is 6.19. The molecule has 6 heteroatoms. The van der Waals surface area contributed by atoms with Crippen LogP contribution in [0, 0.1) is 25.2 Å². The van der Waals surface area contributed by atoms with Crippen molar-refractivity contribution in [1.82, 2.24) is 5.43 Å². The van der Waals surface area contributed by atoms with Gasteiger partial charge in [0.1, 0.15) is 0 Å². The van der Waals surface area contributed by atoms with E-state index < -0.39 is 0 Å². The van der Waals surface area contributed by atoms with Crippen LogP contribution >= 0.6 is 27.7 Å². The van der Waals surface area contributed by atoms with Crippen molar-refractivity contribution in [2.75, 3.05) is 5.75 Å². The van der Waals surface area contributed by atoms with Gasteiger partial charge in [-0.05, 0) is 54.8 Å². The number of hydrogen-bond donors (Lipinski definition) is 1. The van der Waals surface area contributed by atoms with Crippen LogP contribution in [0.5, 0.6) is 0 Å². The second kappa shape index (κ2) is 8.67. The van der Waals surface area contributed by atoms with Gasteiger partial charge in [-0.2, -0.15) is 10.4 Å². The number of nitriles is 1. The smallest absolute Gasteiger partial charge is 0.250 e. The Morgan fingerprint density at radius 1 is 1.29 bits per heavy atom. The Bertz CT molecular complexity index is 810. The van der Waals surface area contributed by atoms with E-state index in [1.54, 1.807) is 30.5 Å². The van der Waals surface area contributed by atoms with Gasteiger partial charge in [-0.25, -0.2) is 5.43 Å². The van der Waals surface area contributed by atoms with E-state index >= 15 is 0 Å². The van der Waals surface area contributed by atoms with Crippen LogP contribution in [-0.4, -0.2) is 17.9 Å². The maximum absolute atomic E-state index is 11.9. The number of amides is 1. The maximum Gasteiger partial charge on any atom is 0.250 e. The molecule has 0 unspecified atom stereocenters. The van der Waals surface area contributed by atoms with Gasteiger partial charge in [-0.1, -0.05) is 28.1 Å². The van der Waals surface area contributed by atoms with Crippen molar-refractivity contribution in [3.05, 3.63) is 63.1 Å². The Morgan fingerprint density at radius 2 is 2.00 bits per heavy atom. The van der Waals surface area contributed by atoms with Crippen molar-refractivity contribution in [1.29, 1.82) is 5.26 Å². The lowest BCUT2D eigenvalue weighted by Crippen LogP contribution is -2.19. The minimum atomic E-state index is -0.162. The molecule has 0 spiro atoms. The number of nitrogens with one attached hydrogen (secondary N) is 1. The predicted octanol–water partition coefficient (Wildman–Crippen LogP) is 4.18. The summed E-state index contributed by atoms with van der Waals surface area (Å²) in [5, 5.41) is 12.7. The molecule has 0 atom stereocenters. The highest BCUT2D eigenvalue weighted by Crippen LogP contribution is 2.28. The van der Waals surface area contributed by atoms with Crippen molar-refractivity contribution in [2.24, 2.45) is 5.10 Å². The molecule has 4 nitrogen and oxygen atoms in total. The molecule has 0 heterocycles. The summed E-state index contributed by atoms with van der Waals surface area (Å²) in [5.74, 6) is 0.136. The number of hydrogen-bond acceptors (Lipinski definition) is 4. The van der Waals surface area contributed by atoms with Crippen LogP contribution in [0.4, 0.5) is 0 Å². The Kier molecular flexibility index (Phi) is 6.59. The first-order chi connectivity index (χ1) is 11.5. The molecule has 2 aromatic rings. The fourth-order valence-electron chi connectivity index (χ4n) is 1.91. The molecular weight excluding hydrogens is 386 g/mol. The van der Waals surface area contributed by atoms with Crippen molar-refractivity contribution >= 4 is 39.8 Å². The van der Waals surface area contributed by atoms with E-state index in [1.807, 2.05) is 13.8 Å². The van der Waals surface area contributed by atoms with Crippen LogP contribution in [0.1, 0.15) is 22.3 Å². The van der Waals surface area contributed by atoms with Crippen LogP contribution in [0.15, 0.2) is 50.9 Å². The second-order valence-electron chi connectivity index (χ2n) is 5.18. The van der Waals surface area contributed by atoms with Gasteiger partial charge in [0.05, 0.1) is 23.6 Å². The fraction of sp³-hybridized carbons (Fsp3) is 0.167. The molecule has 0 aromatic heterocycles. The number of hydrazone groups is 1. The number of carbonyl (C=O) groups is 1. The third-order valence-electron chi connectivity index (χ3n) is 3.26. The SMILES string of the molecule is Cc1cc(SCC(=O)N/N=C/c2ccc(C#N)cc2)c(C)cc1Br. The van der Waals surface area contributed by atoms with Gasteiger partial charge >= 0.3 is 0 Å².